The topological polar surface area (TPSA) is 100 Å². The molecule has 9 heteroatoms. The van der Waals surface area contributed by atoms with Gasteiger partial charge in [-0.2, -0.15) is 5.10 Å². The maximum Gasteiger partial charge on any atom is 0.283 e. The maximum atomic E-state index is 12.9. The van der Waals surface area contributed by atoms with E-state index in [2.05, 4.69) is 15.5 Å². The van der Waals surface area contributed by atoms with Crippen LogP contribution in [0.2, 0.25) is 0 Å². The van der Waals surface area contributed by atoms with Gasteiger partial charge >= 0.3 is 0 Å². The lowest BCUT2D eigenvalue weighted by Gasteiger charge is -2.11. The number of aromatic nitrogens is 4. The summed E-state index contributed by atoms with van der Waals surface area (Å²) in [5.41, 5.74) is 6.39. The van der Waals surface area contributed by atoms with Gasteiger partial charge in [0.05, 0.1) is 32.5 Å². The first-order valence-corrected chi connectivity index (χ1v) is 9.95. The van der Waals surface area contributed by atoms with Crippen molar-refractivity contribution < 1.29 is 14.3 Å². The summed E-state index contributed by atoms with van der Waals surface area (Å²) in [6.45, 7) is 4.04. The van der Waals surface area contributed by atoms with Crippen molar-refractivity contribution in [3.05, 3.63) is 76.0 Å². The molecule has 9 nitrogen and oxygen atoms in total. The number of methoxy groups -OCH3 is 2. The van der Waals surface area contributed by atoms with E-state index < -0.39 is 5.56 Å². The predicted molar refractivity (Wildman–Crippen MR) is 120 cm³/mol. The zero-order valence-corrected chi connectivity index (χ0v) is 18.2. The Kier molecular flexibility index (Phi) is 5.63. The minimum atomic E-state index is -0.411. The molecule has 0 spiro atoms. The maximum absolute atomic E-state index is 12.9. The average molecular weight is 433 g/mol. The van der Waals surface area contributed by atoms with Crippen molar-refractivity contribution in [2.24, 2.45) is 0 Å². The highest BCUT2D eigenvalue weighted by Crippen LogP contribution is 2.27. The number of carbonyl (C=O) groups excluding carboxylic acids is 1. The first-order chi connectivity index (χ1) is 15.4. The van der Waals surface area contributed by atoms with Crippen molar-refractivity contribution in [3.8, 4) is 17.2 Å². The van der Waals surface area contributed by atoms with E-state index in [1.165, 1.54) is 19.6 Å². The monoisotopic (exact) mass is 433 g/mol. The fourth-order valence-electron chi connectivity index (χ4n) is 3.39. The zero-order chi connectivity index (χ0) is 22.8. The summed E-state index contributed by atoms with van der Waals surface area (Å²) < 4.78 is 13.2. The van der Waals surface area contributed by atoms with Gasteiger partial charge in [-0.15, -0.1) is 0 Å². The van der Waals surface area contributed by atoms with Crippen molar-refractivity contribution in [2.75, 3.05) is 19.6 Å². The van der Waals surface area contributed by atoms with Crippen molar-refractivity contribution in [2.45, 2.75) is 20.3 Å². The predicted octanol–water partition coefficient (Wildman–Crippen LogP) is 2.53. The van der Waals surface area contributed by atoms with E-state index in [0.29, 0.717) is 28.1 Å². The van der Waals surface area contributed by atoms with Crippen LogP contribution in [0.1, 0.15) is 16.7 Å². The number of ether oxygens (including phenoxy) is 2. The van der Waals surface area contributed by atoms with Gasteiger partial charge in [-0.25, -0.2) is 14.3 Å². The Bertz CT molecular complexity index is 1370. The summed E-state index contributed by atoms with van der Waals surface area (Å²) in [5, 5.41) is 4.63. The van der Waals surface area contributed by atoms with Crippen molar-refractivity contribution >= 4 is 16.9 Å². The average Bonchev–Trinajstić information content (AvgIpc) is 3.22. The molecule has 4 rings (SSSR count). The van der Waals surface area contributed by atoms with Gasteiger partial charge in [-0.3, -0.25) is 15.0 Å². The minimum Gasteiger partial charge on any atom is -0.493 e. The van der Waals surface area contributed by atoms with Crippen LogP contribution in [0.3, 0.4) is 0 Å². The van der Waals surface area contributed by atoms with Crippen LogP contribution in [0.5, 0.6) is 11.5 Å². The zero-order valence-electron chi connectivity index (χ0n) is 18.2. The standard InChI is InChI=1S/C23H23N5O4/c1-14-5-7-17(9-15(14)2)28-22-18(12-25-28)23(30)27(13-24-22)26-21(29)11-16-6-8-19(31-3)20(10-16)32-4/h5-10,12-13H,11H2,1-4H3,(H,26,29). The van der Waals surface area contributed by atoms with E-state index in [4.69, 9.17) is 9.47 Å². The molecular formula is C23H23N5O4. The summed E-state index contributed by atoms with van der Waals surface area (Å²) in [6.07, 6.45) is 2.79. The van der Waals surface area contributed by atoms with Gasteiger partial charge in [0.2, 0.25) is 5.91 Å². The van der Waals surface area contributed by atoms with Gasteiger partial charge in [0.15, 0.2) is 17.1 Å². The molecule has 4 aromatic rings. The van der Waals surface area contributed by atoms with Crippen molar-refractivity contribution in [1.29, 1.82) is 0 Å². The number of hydrogen-bond acceptors (Lipinski definition) is 6. The molecule has 1 amide bonds. The van der Waals surface area contributed by atoms with Gasteiger partial charge in [-0.05, 0) is 54.8 Å². The molecule has 0 saturated carbocycles. The molecule has 0 atom stereocenters. The molecule has 2 heterocycles. The van der Waals surface area contributed by atoms with Crippen LogP contribution in [0, 0.1) is 13.8 Å². The minimum absolute atomic E-state index is 0.0483. The number of benzene rings is 2. The second kappa shape index (κ2) is 8.54. The fourth-order valence-corrected chi connectivity index (χ4v) is 3.39. The van der Waals surface area contributed by atoms with E-state index in [0.717, 1.165) is 21.5 Å². The Labute approximate surface area is 184 Å². The van der Waals surface area contributed by atoms with Gasteiger partial charge in [0, 0.05) is 0 Å². The lowest BCUT2D eigenvalue weighted by atomic mass is 10.1. The fraction of sp³-hybridized carbons (Fsp3) is 0.217. The first kappa shape index (κ1) is 21.1. The molecule has 164 valence electrons. The molecule has 0 saturated heterocycles. The third-order valence-corrected chi connectivity index (χ3v) is 5.28. The second-order valence-electron chi connectivity index (χ2n) is 7.38. The molecule has 1 N–H and O–H groups in total. The number of fused-ring (bicyclic) bond motifs is 1. The number of amides is 1. The number of aryl methyl sites for hydroxylation is 2. The van der Waals surface area contributed by atoms with Crippen LogP contribution in [-0.4, -0.2) is 39.6 Å². The summed E-state index contributed by atoms with van der Waals surface area (Å²) >= 11 is 0. The summed E-state index contributed by atoms with van der Waals surface area (Å²) in [4.78, 5) is 29.8. The van der Waals surface area contributed by atoms with Crippen molar-refractivity contribution in [1.82, 2.24) is 19.4 Å². The number of hydrogen-bond donors (Lipinski definition) is 1. The van der Waals surface area contributed by atoms with E-state index in [1.807, 2.05) is 32.0 Å². The normalized spacial score (nSPS) is 10.9. The number of nitrogens with one attached hydrogen (secondary N) is 1. The summed E-state index contributed by atoms with van der Waals surface area (Å²) in [7, 11) is 3.07. The molecular weight excluding hydrogens is 410 g/mol. The molecule has 0 fully saturated rings. The third-order valence-electron chi connectivity index (χ3n) is 5.28. The van der Waals surface area contributed by atoms with Crippen LogP contribution < -0.4 is 20.5 Å². The van der Waals surface area contributed by atoms with Crippen LogP contribution in [0.25, 0.3) is 16.7 Å². The first-order valence-electron chi connectivity index (χ1n) is 9.95. The van der Waals surface area contributed by atoms with E-state index >= 15 is 0 Å². The van der Waals surface area contributed by atoms with Gasteiger partial charge < -0.3 is 9.47 Å². The summed E-state index contributed by atoms with van der Waals surface area (Å²) in [6, 6.07) is 11.1. The van der Waals surface area contributed by atoms with E-state index in [1.54, 1.807) is 30.0 Å². The Morgan fingerprint density at radius 3 is 2.53 bits per heavy atom. The SMILES string of the molecule is COc1ccc(CC(=O)Nn2cnc3c(cnn3-c3ccc(C)c(C)c3)c2=O)cc1OC. The van der Waals surface area contributed by atoms with E-state index in [9.17, 15) is 9.59 Å². The second-order valence-corrected chi connectivity index (χ2v) is 7.38. The highest BCUT2D eigenvalue weighted by Gasteiger charge is 2.14. The number of rotatable bonds is 6. The molecule has 0 unspecified atom stereocenters. The molecule has 0 bridgehead atoms. The quantitative estimate of drug-likeness (QED) is 0.502. The van der Waals surface area contributed by atoms with Crippen LogP contribution in [0.15, 0.2) is 53.7 Å². The van der Waals surface area contributed by atoms with Gasteiger partial charge in [0.1, 0.15) is 11.7 Å². The molecule has 0 aliphatic rings. The molecule has 2 aromatic heterocycles. The largest absolute Gasteiger partial charge is 0.493 e. The van der Waals surface area contributed by atoms with Gasteiger partial charge in [0.25, 0.3) is 5.56 Å². The Hall–Kier alpha value is -4.14. The molecule has 0 aliphatic heterocycles. The third kappa shape index (κ3) is 3.92. The van der Waals surface area contributed by atoms with Gasteiger partial charge in [-0.1, -0.05) is 12.1 Å². The highest BCUT2D eigenvalue weighted by atomic mass is 16.5. The van der Waals surface area contributed by atoms with E-state index in [-0.39, 0.29) is 12.3 Å². The lowest BCUT2D eigenvalue weighted by Crippen LogP contribution is -2.34. The molecule has 32 heavy (non-hydrogen) atoms. The van der Waals surface area contributed by atoms with Crippen LogP contribution in [0.4, 0.5) is 0 Å². The van der Waals surface area contributed by atoms with Crippen LogP contribution >= 0.6 is 0 Å². The molecule has 0 radical (unpaired) electrons. The molecule has 0 aliphatic carbocycles. The molecule has 2 aromatic carbocycles. The number of carbonyl (C=O) groups is 1. The Balaban J connectivity index is 1.58. The summed E-state index contributed by atoms with van der Waals surface area (Å²) in [5.74, 6) is 0.724. The van der Waals surface area contributed by atoms with Crippen LogP contribution in [-0.2, 0) is 11.2 Å². The smallest absolute Gasteiger partial charge is 0.283 e. The number of nitrogens with zero attached hydrogens (tertiary/aromatic N) is 4. The highest BCUT2D eigenvalue weighted by molar-refractivity contribution is 5.86. The Morgan fingerprint density at radius 1 is 1.03 bits per heavy atom. The Morgan fingerprint density at radius 2 is 1.81 bits per heavy atom. The van der Waals surface area contributed by atoms with Crippen molar-refractivity contribution in [3.63, 3.8) is 0 Å². The lowest BCUT2D eigenvalue weighted by molar-refractivity contribution is -0.116.